The van der Waals surface area contributed by atoms with Crippen LogP contribution >= 0.6 is 0 Å². The molecule has 3 nitrogen and oxygen atoms in total. The summed E-state index contributed by atoms with van der Waals surface area (Å²) in [6, 6.07) is 7.12. The van der Waals surface area contributed by atoms with Crippen LogP contribution in [0.1, 0.15) is 37.1 Å². The third-order valence-corrected chi connectivity index (χ3v) is 3.84. The monoisotopic (exact) mass is 243 g/mol. The molecule has 1 aromatic carbocycles. The van der Waals surface area contributed by atoms with E-state index in [9.17, 15) is 0 Å². The number of benzene rings is 1. The van der Waals surface area contributed by atoms with Crippen molar-refractivity contribution in [2.75, 3.05) is 6.54 Å². The lowest BCUT2D eigenvalue weighted by atomic mass is 10.2. The van der Waals surface area contributed by atoms with Crippen LogP contribution in [0.5, 0.6) is 0 Å². The molecule has 2 N–H and O–H groups in total. The summed E-state index contributed by atoms with van der Waals surface area (Å²) in [5.41, 5.74) is 3.52. The Morgan fingerprint density at radius 1 is 1.33 bits per heavy atom. The zero-order valence-corrected chi connectivity index (χ0v) is 11.0. The van der Waals surface area contributed by atoms with Crippen molar-refractivity contribution >= 4 is 11.0 Å². The number of fused-ring (bicyclic) bond motifs is 1. The highest BCUT2D eigenvalue weighted by atomic mass is 15.0. The maximum atomic E-state index is 4.62. The van der Waals surface area contributed by atoms with Gasteiger partial charge in [0.15, 0.2) is 0 Å². The van der Waals surface area contributed by atoms with E-state index in [1.165, 1.54) is 31.2 Å². The molecule has 3 rings (SSSR count). The first kappa shape index (κ1) is 11.7. The number of rotatable bonds is 4. The second-order valence-electron chi connectivity index (χ2n) is 5.39. The Morgan fingerprint density at radius 3 is 3.00 bits per heavy atom. The molecule has 96 valence electrons. The van der Waals surface area contributed by atoms with E-state index in [-0.39, 0.29) is 0 Å². The second-order valence-corrected chi connectivity index (χ2v) is 5.39. The van der Waals surface area contributed by atoms with E-state index in [4.69, 9.17) is 0 Å². The molecule has 0 radical (unpaired) electrons. The van der Waals surface area contributed by atoms with Crippen molar-refractivity contribution in [1.82, 2.24) is 15.3 Å². The molecule has 0 saturated heterocycles. The Bertz CT molecular complexity index is 524. The van der Waals surface area contributed by atoms with Gasteiger partial charge in [-0.05, 0) is 37.5 Å². The first-order valence-corrected chi connectivity index (χ1v) is 7.00. The van der Waals surface area contributed by atoms with Crippen molar-refractivity contribution in [1.29, 1.82) is 0 Å². The summed E-state index contributed by atoms with van der Waals surface area (Å²) in [5.74, 6) is 1.10. The first-order valence-electron chi connectivity index (χ1n) is 7.00. The van der Waals surface area contributed by atoms with Crippen molar-refractivity contribution in [3.05, 3.63) is 29.6 Å². The van der Waals surface area contributed by atoms with E-state index < -0.39 is 0 Å². The number of nitrogens with one attached hydrogen (secondary N) is 2. The zero-order chi connectivity index (χ0) is 12.4. The lowest BCUT2D eigenvalue weighted by molar-refractivity contribution is 0.524. The van der Waals surface area contributed by atoms with Gasteiger partial charge < -0.3 is 10.3 Å². The number of aromatic amines is 1. The minimum absolute atomic E-state index is 0.747. The molecule has 1 fully saturated rings. The minimum atomic E-state index is 0.747. The Hall–Kier alpha value is -1.35. The van der Waals surface area contributed by atoms with Gasteiger partial charge in [0.25, 0.3) is 0 Å². The van der Waals surface area contributed by atoms with Crippen LogP contribution in [0.15, 0.2) is 18.2 Å². The van der Waals surface area contributed by atoms with Crippen molar-refractivity contribution in [2.24, 2.45) is 0 Å². The minimum Gasteiger partial charge on any atom is -0.342 e. The summed E-state index contributed by atoms with van der Waals surface area (Å²) in [4.78, 5) is 8.03. The van der Waals surface area contributed by atoms with Crippen LogP contribution in [0.4, 0.5) is 0 Å². The van der Waals surface area contributed by atoms with Gasteiger partial charge in [0.1, 0.15) is 5.82 Å². The fraction of sp³-hybridized carbons (Fsp3) is 0.533. The van der Waals surface area contributed by atoms with Crippen molar-refractivity contribution in [2.45, 2.75) is 45.1 Å². The standard InChI is InChI=1S/C15H21N3/c1-11-6-7-13-14(10-11)18-15(17-13)8-9-16-12-4-2-3-5-12/h6-7,10,12,16H,2-5,8-9H2,1H3,(H,17,18). The summed E-state index contributed by atoms with van der Waals surface area (Å²) >= 11 is 0. The number of H-pyrrole nitrogens is 1. The maximum Gasteiger partial charge on any atom is 0.108 e. The van der Waals surface area contributed by atoms with Crippen molar-refractivity contribution in [3.8, 4) is 0 Å². The molecule has 0 amide bonds. The van der Waals surface area contributed by atoms with Gasteiger partial charge >= 0.3 is 0 Å². The fourth-order valence-electron chi connectivity index (χ4n) is 2.82. The number of nitrogens with zero attached hydrogens (tertiary/aromatic N) is 1. The van der Waals surface area contributed by atoms with Crippen molar-refractivity contribution < 1.29 is 0 Å². The summed E-state index contributed by atoms with van der Waals surface area (Å²) in [7, 11) is 0. The quantitative estimate of drug-likeness (QED) is 0.866. The van der Waals surface area contributed by atoms with E-state index in [2.05, 4.69) is 40.4 Å². The average molecular weight is 243 g/mol. The van der Waals surface area contributed by atoms with E-state index in [1.807, 2.05) is 0 Å². The number of aromatic nitrogens is 2. The van der Waals surface area contributed by atoms with Gasteiger partial charge in [-0.25, -0.2) is 4.98 Å². The number of imidazole rings is 1. The molecule has 1 heterocycles. The fourth-order valence-corrected chi connectivity index (χ4v) is 2.82. The van der Waals surface area contributed by atoms with Gasteiger partial charge in [0.05, 0.1) is 11.0 Å². The zero-order valence-electron chi connectivity index (χ0n) is 11.0. The van der Waals surface area contributed by atoms with Crippen LogP contribution in [-0.4, -0.2) is 22.6 Å². The highest BCUT2D eigenvalue weighted by molar-refractivity contribution is 5.75. The first-order chi connectivity index (χ1) is 8.81. The van der Waals surface area contributed by atoms with Crippen molar-refractivity contribution in [3.63, 3.8) is 0 Å². The highest BCUT2D eigenvalue weighted by Gasteiger charge is 2.13. The molecule has 0 bridgehead atoms. The molecule has 18 heavy (non-hydrogen) atoms. The maximum absolute atomic E-state index is 4.62. The molecule has 0 atom stereocenters. The smallest absolute Gasteiger partial charge is 0.108 e. The molecule has 0 aliphatic heterocycles. The van der Waals surface area contributed by atoms with Gasteiger partial charge in [-0.3, -0.25) is 0 Å². The van der Waals surface area contributed by atoms with Crippen LogP contribution < -0.4 is 5.32 Å². The van der Waals surface area contributed by atoms with E-state index >= 15 is 0 Å². The third-order valence-electron chi connectivity index (χ3n) is 3.84. The van der Waals surface area contributed by atoms with E-state index in [0.29, 0.717) is 0 Å². The van der Waals surface area contributed by atoms with Crippen LogP contribution in [-0.2, 0) is 6.42 Å². The Morgan fingerprint density at radius 2 is 2.17 bits per heavy atom. The molecular formula is C15H21N3. The Kier molecular flexibility index (Phi) is 3.33. The summed E-state index contributed by atoms with van der Waals surface area (Å²) in [6.07, 6.45) is 6.46. The topological polar surface area (TPSA) is 40.7 Å². The summed E-state index contributed by atoms with van der Waals surface area (Å²) in [6.45, 7) is 3.14. The SMILES string of the molecule is Cc1ccc2nc(CCNC3CCCC3)[nH]c2c1. The number of aryl methyl sites for hydroxylation is 1. The molecule has 1 aliphatic carbocycles. The van der Waals surface area contributed by atoms with Gasteiger partial charge in [-0.2, -0.15) is 0 Å². The number of hydrogen-bond donors (Lipinski definition) is 2. The van der Waals surface area contributed by atoms with Crippen LogP contribution in [0, 0.1) is 6.92 Å². The Labute approximate surface area is 108 Å². The van der Waals surface area contributed by atoms with Crippen LogP contribution in [0.25, 0.3) is 11.0 Å². The highest BCUT2D eigenvalue weighted by Crippen LogP contribution is 2.17. The third kappa shape index (κ3) is 2.56. The molecule has 2 aromatic rings. The Balaban J connectivity index is 1.60. The molecule has 0 unspecified atom stereocenters. The normalized spacial score (nSPS) is 16.7. The lowest BCUT2D eigenvalue weighted by Gasteiger charge is -2.10. The second kappa shape index (κ2) is 5.11. The van der Waals surface area contributed by atoms with Gasteiger partial charge in [0.2, 0.25) is 0 Å². The molecular weight excluding hydrogens is 222 g/mol. The van der Waals surface area contributed by atoms with Gasteiger partial charge in [-0.1, -0.05) is 18.9 Å². The summed E-state index contributed by atoms with van der Waals surface area (Å²) in [5, 5.41) is 3.63. The van der Waals surface area contributed by atoms with Crippen LogP contribution in [0.2, 0.25) is 0 Å². The van der Waals surface area contributed by atoms with Gasteiger partial charge in [-0.15, -0.1) is 0 Å². The number of hydrogen-bond acceptors (Lipinski definition) is 2. The molecule has 0 spiro atoms. The average Bonchev–Trinajstić information content (AvgIpc) is 2.97. The van der Waals surface area contributed by atoms with E-state index in [1.54, 1.807) is 0 Å². The lowest BCUT2D eigenvalue weighted by Crippen LogP contribution is -2.28. The summed E-state index contributed by atoms with van der Waals surface area (Å²) < 4.78 is 0. The van der Waals surface area contributed by atoms with E-state index in [0.717, 1.165) is 35.9 Å². The molecule has 3 heteroatoms. The predicted molar refractivity (Wildman–Crippen MR) is 74.8 cm³/mol. The molecule has 1 aliphatic rings. The largest absolute Gasteiger partial charge is 0.342 e. The van der Waals surface area contributed by atoms with Gasteiger partial charge in [0, 0.05) is 19.0 Å². The molecule has 1 aromatic heterocycles. The van der Waals surface area contributed by atoms with Crippen LogP contribution in [0.3, 0.4) is 0 Å². The predicted octanol–water partition coefficient (Wildman–Crippen LogP) is 2.95. The molecule has 1 saturated carbocycles.